The maximum atomic E-state index is 5.49. The highest BCUT2D eigenvalue weighted by Crippen LogP contribution is 2.34. The normalized spacial score (nSPS) is 14.9. The lowest BCUT2D eigenvalue weighted by molar-refractivity contribution is 0.391. The van der Waals surface area contributed by atoms with Gasteiger partial charge in [-0.05, 0) is 30.9 Å². The Balaban J connectivity index is 2.25. The first-order valence-electron chi connectivity index (χ1n) is 6.64. The molecule has 0 radical (unpaired) electrons. The SMILES string of the molecule is COc1cc(C(C)C)c(OC)cc1CNC1CC1. The Kier molecular flexibility index (Phi) is 4.12. The summed E-state index contributed by atoms with van der Waals surface area (Å²) < 4.78 is 11.0. The highest BCUT2D eigenvalue weighted by Gasteiger charge is 2.21. The van der Waals surface area contributed by atoms with Crippen LogP contribution in [0.4, 0.5) is 0 Å². The van der Waals surface area contributed by atoms with E-state index in [2.05, 4.69) is 31.3 Å². The Bertz CT molecular complexity index is 411. The molecular weight excluding hydrogens is 226 g/mol. The summed E-state index contributed by atoms with van der Waals surface area (Å²) in [5.41, 5.74) is 2.37. The maximum absolute atomic E-state index is 5.49. The van der Waals surface area contributed by atoms with Gasteiger partial charge in [0.2, 0.25) is 0 Å². The van der Waals surface area contributed by atoms with E-state index in [0.717, 1.165) is 18.0 Å². The molecule has 3 nitrogen and oxygen atoms in total. The summed E-state index contributed by atoms with van der Waals surface area (Å²) in [6, 6.07) is 4.90. The average molecular weight is 249 g/mol. The van der Waals surface area contributed by atoms with Gasteiger partial charge in [-0.15, -0.1) is 0 Å². The van der Waals surface area contributed by atoms with Crippen LogP contribution in [0.2, 0.25) is 0 Å². The molecule has 18 heavy (non-hydrogen) atoms. The minimum Gasteiger partial charge on any atom is -0.496 e. The van der Waals surface area contributed by atoms with Gasteiger partial charge in [-0.25, -0.2) is 0 Å². The molecule has 0 aliphatic heterocycles. The predicted molar refractivity (Wildman–Crippen MR) is 73.5 cm³/mol. The third-order valence-electron chi connectivity index (χ3n) is 3.41. The molecule has 2 rings (SSSR count). The number of methoxy groups -OCH3 is 2. The van der Waals surface area contributed by atoms with Crippen LogP contribution in [-0.4, -0.2) is 20.3 Å². The van der Waals surface area contributed by atoms with Crippen LogP contribution in [-0.2, 0) is 6.54 Å². The first-order chi connectivity index (χ1) is 8.65. The second kappa shape index (κ2) is 5.61. The van der Waals surface area contributed by atoms with Gasteiger partial charge in [-0.1, -0.05) is 13.8 Å². The summed E-state index contributed by atoms with van der Waals surface area (Å²) in [6.07, 6.45) is 2.59. The van der Waals surface area contributed by atoms with E-state index in [9.17, 15) is 0 Å². The van der Waals surface area contributed by atoms with Crippen LogP contribution in [0.15, 0.2) is 12.1 Å². The van der Waals surface area contributed by atoms with E-state index in [4.69, 9.17) is 9.47 Å². The smallest absolute Gasteiger partial charge is 0.123 e. The van der Waals surface area contributed by atoms with E-state index in [1.165, 1.54) is 24.0 Å². The lowest BCUT2D eigenvalue weighted by atomic mass is 9.99. The predicted octanol–water partition coefficient (Wildman–Crippen LogP) is 3.08. The van der Waals surface area contributed by atoms with Crippen molar-refractivity contribution >= 4 is 0 Å². The number of hydrogen-bond donors (Lipinski definition) is 1. The lowest BCUT2D eigenvalue weighted by Crippen LogP contribution is -2.16. The first-order valence-corrected chi connectivity index (χ1v) is 6.64. The monoisotopic (exact) mass is 249 g/mol. The molecule has 0 saturated heterocycles. The number of hydrogen-bond acceptors (Lipinski definition) is 3. The van der Waals surface area contributed by atoms with Gasteiger partial charge < -0.3 is 14.8 Å². The lowest BCUT2D eigenvalue weighted by Gasteiger charge is -2.17. The second-order valence-electron chi connectivity index (χ2n) is 5.22. The van der Waals surface area contributed by atoms with E-state index >= 15 is 0 Å². The number of benzene rings is 1. The minimum absolute atomic E-state index is 0.430. The van der Waals surface area contributed by atoms with Gasteiger partial charge >= 0.3 is 0 Å². The largest absolute Gasteiger partial charge is 0.496 e. The molecule has 1 fully saturated rings. The van der Waals surface area contributed by atoms with Crippen molar-refractivity contribution in [3.05, 3.63) is 23.3 Å². The Morgan fingerprint density at radius 1 is 1.17 bits per heavy atom. The fourth-order valence-electron chi connectivity index (χ4n) is 2.12. The van der Waals surface area contributed by atoms with Crippen molar-refractivity contribution in [1.82, 2.24) is 5.32 Å². The summed E-state index contributed by atoms with van der Waals surface area (Å²) in [4.78, 5) is 0. The van der Waals surface area contributed by atoms with Gasteiger partial charge in [0.05, 0.1) is 14.2 Å². The van der Waals surface area contributed by atoms with Crippen molar-refractivity contribution in [3.8, 4) is 11.5 Å². The van der Waals surface area contributed by atoms with Crippen molar-refractivity contribution in [3.63, 3.8) is 0 Å². The summed E-state index contributed by atoms with van der Waals surface area (Å²) in [5, 5.41) is 3.51. The zero-order chi connectivity index (χ0) is 13.1. The third-order valence-corrected chi connectivity index (χ3v) is 3.41. The average Bonchev–Trinajstić information content (AvgIpc) is 3.18. The van der Waals surface area contributed by atoms with Gasteiger partial charge in [-0.3, -0.25) is 0 Å². The molecule has 1 N–H and O–H groups in total. The molecule has 0 unspecified atom stereocenters. The standard InChI is InChI=1S/C15H23NO2/c1-10(2)13-8-14(17-3)11(7-15(13)18-4)9-16-12-5-6-12/h7-8,10,12,16H,5-6,9H2,1-4H3. The molecular formula is C15H23NO2. The molecule has 1 aromatic rings. The molecule has 1 aliphatic rings. The van der Waals surface area contributed by atoms with Crippen LogP contribution >= 0.6 is 0 Å². The number of ether oxygens (including phenoxy) is 2. The van der Waals surface area contributed by atoms with Crippen LogP contribution in [0.25, 0.3) is 0 Å². The first kappa shape index (κ1) is 13.2. The molecule has 0 atom stereocenters. The van der Waals surface area contributed by atoms with Crippen LogP contribution in [0, 0.1) is 0 Å². The summed E-state index contributed by atoms with van der Waals surface area (Å²) in [6.45, 7) is 5.18. The van der Waals surface area contributed by atoms with Crippen LogP contribution in [0.5, 0.6) is 11.5 Å². The van der Waals surface area contributed by atoms with E-state index in [-0.39, 0.29) is 0 Å². The zero-order valence-electron chi connectivity index (χ0n) is 11.7. The Morgan fingerprint density at radius 2 is 1.83 bits per heavy atom. The van der Waals surface area contributed by atoms with Crippen molar-refractivity contribution in [2.24, 2.45) is 0 Å². The fourth-order valence-corrected chi connectivity index (χ4v) is 2.12. The van der Waals surface area contributed by atoms with E-state index in [0.29, 0.717) is 12.0 Å². The quantitative estimate of drug-likeness (QED) is 0.840. The van der Waals surface area contributed by atoms with Gasteiger partial charge in [0.1, 0.15) is 11.5 Å². The molecule has 0 aromatic heterocycles. The van der Waals surface area contributed by atoms with Crippen LogP contribution in [0.1, 0.15) is 43.7 Å². The molecule has 0 bridgehead atoms. The molecule has 0 amide bonds. The zero-order valence-corrected chi connectivity index (χ0v) is 11.7. The summed E-state index contributed by atoms with van der Waals surface area (Å²) in [7, 11) is 3.46. The van der Waals surface area contributed by atoms with Gasteiger partial charge in [0, 0.05) is 23.7 Å². The van der Waals surface area contributed by atoms with E-state index in [1.807, 2.05) is 0 Å². The van der Waals surface area contributed by atoms with Gasteiger partial charge in [-0.2, -0.15) is 0 Å². The third kappa shape index (κ3) is 2.96. The maximum Gasteiger partial charge on any atom is 0.123 e. The molecule has 0 spiro atoms. The fraction of sp³-hybridized carbons (Fsp3) is 0.600. The van der Waals surface area contributed by atoms with Crippen molar-refractivity contribution in [2.45, 2.75) is 45.2 Å². The van der Waals surface area contributed by atoms with E-state index < -0.39 is 0 Å². The highest BCUT2D eigenvalue weighted by molar-refractivity contribution is 5.47. The topological polar surface area (TPSA) is 30.5 Å². The van der Waals surface area contributed by atoms with Gasteiger partial charge in [0.15, 0.2) is 0 Å². The molecule has 1 saturated carbocycles. The molecule has 100 valence electrons. The number of rotatable bonds is 6. The Labute approximate surface area is 109 Å². The van der Waals surface area contributed by atoms with Crippen molar-refractivity contribution < 1.29 is 9.47 Å². The minimum atomic E-state index is 0.430. The molecule has 1 aromatic carbocycles. The van der Waals surface area contributed by atoms with Crippen LogP contribution in [0.3, 0.4) is 0 Å². The molecule has 0 heterocycles. The molecule has 3 heteroatoms. The Morgan fingerprint density at radius 3 is 2.33 bits per heavy atom. The van der Waals surface area contributed by atoms with Gasteiger partial charge in [0.25, 0.3) is 0 Å². The van der Waals surface area contributed by atoms with Crippen molar-refractivity contribution in [1.29, 1.82) is 0 Å². The highest BCUT2D eigenvalue weighted by atomic mass is 16.5. The van der Waals surface area contributed by atoms with E-state index in [1.54, 1.807) is 14.2 Å². The second-order valence-corrected chi connectivity index (χ2v) is 5.22. The Hall–Kier alpha value is -1.22. The molecule has 1 aliphatic carbocycles. The summed E-state index contributed by atoms with van der Waals surface area (Å²) in [5.74, 6) is 2.34. The summed E-state index contributed by atoms with van der Waals surface area (Å²) >= 11 is 0. The number of nitrogens with one attached hydrogen (secondary N) is 1. The van der Waals surface area contributed by atoms with Crippen LogP contribution < -0.4 is 14.8 Å². The van der Waals surface area contributed by atoms with Crippen molar-refractivity contribution in [2.75, 3.05) is 14.2 Å².